The fourth-order valence-electron chi connectivity index (χ4n) is 4.16. The van der Waals surface area contributed by atoms with E-state index < -0.39 is 0 Å². The standard InChI is InChI=1S/C26H47N3O2.HI/c1-4-7-8-9-10-11-12-13-14-15-16-19-22-27-23-26(5-2,6-3)28-24-20-17-18-21-25(24)29(30)31;/h17-18,20-21,27-28H,4-16,19,22-23H2,1-3H3;1H. The van der Waals surface area contributed by atoms with Gasteiger partial charge in [0.05, 0.1) is 4.92 Å². The third-order valence-electron chi connectivity index (χ3n) is 6.52. The molecule has 0 bridgehead atoms. The number of nitrogens with zero attached hydrogens (tertiary/aromatic N) is 1. The number of nitrogens with one attached hydrogen (secondary N) is 2. The lowest BCUT2D eigenvalue weighted by Crippen LogP contribution is -2.46. The van der Waals surface area contributed by atoms with Crippen LogP contribution in [0.15, 0.2) is 24.3 Å². The number of unbranched alkanes of at least 4 members (excludes halogenated alkanes) is 11. The van der Waals surface area contributed by atoms with E-state index in [0.29, 0.717) is 5.69 Å². The van der Waals surface area contributed by atoms with Crippen LogP contribution in [0.1, 0.15) is 111 Å². The van der Waals surface area contributed by atoms with Gasteiger partial charge in [0.2, 0.25) is 0 Å². The number of hydrogen-bond acceptors (Lipinski definition) is 4. The van der Waals surface area contributed by atoms with Crippen LogP contribution in [0.4, 0.5) is 11.4 Å². The molecule has 6 heteroatoms. The Morgan fingerprint density at radius 3 is 1.81 bits per heavy atom. The molecule has 0 heterocycles. The Bertz CT molecular complexity index is 594. The largest absolute Gasteiger partial charge is 0.373 e. The SMILES string of the molecule is CCCCCCCCCCCCCCNCC(CC)(CC)Nc1ccccc1[N+](=O)[O-].I. The zero-order valence-corrected chi connectivity index (χ0v) is 23.1. The molecule has 186 valence electrons. The minimum Gasteiger partial charge on any atom is -0.373 e. The smallest absolute Gasteiger partial charge is 0.292 e. The van der Waals surface area contributed by atoms with Gasteiger partial charge in [0, 0.05) is 18.2 Å². The van der Waals surface area contributed by atoms with Gasteiger partial charge in [-0.25, -0.2) is 0 Å². The van der Waals surface area contributed by atoms with Crippen molar-refractivity contribution in [3.8, 4) is 0 Å². The Hall–Kier alpha value is -0.890. The highest BCUT2D eigenvalue weighted by Crippen LogP contribution is 2.29. The van der Waals surface area contributed by atoms with Crippen LogP contribution in [0, 0.1) is 10.1 Å². The quantitative estimate of drug-likeness (QED) is 0.0725. The van der Waals surface area contributed by atoms with Crippen LogP contribution in [0.3, 0.4) is 0 Å². The molecule has 1 aromatic carbocycles. The van der Waals surface area contributed by atoms with Crippen molar-refractivity contribution in [2.24, 2.45) is 0 Å². The third kappa shape index (κ3) is 13.0. The average molecular weight is 562 g/mol. The lowest BCUT2D eigenvalue weighted by molar-refractivity contribution is -0.384. The van der Waals surface area contributed by atoms with Gasteiger partial charge in [-0.05, 0) is 31.9 Å². The van der Waals surface area contributed by atoms with Gasteiger partial charge in [0.1, 0.15) is 5.69 Å². The summed E-state index contributed by atoms with van der Waals surface area (Å²) in [6, 6.07) is 6.95. The zero-order chi connectivity index (χ0) is 22.8. The fourth-order valence-corrected chi connectivity index (χ4v) is 4.16. The van der Waals surface area contributed by atoms with Gasteiger partial charge in [-0.2, -0.15) is 0 Å². The molecule has 0 atom stereocenters. The fraction of sp³-hybridized carbons (Fsp3) is 0.769. The van der Waals surface area contributed by atoms with Crippen LogP contribution in [-0.4, -0.2) is 23.6 Å². The van der Waals surface area contributed by atoms with Crippen LogP contribution in [0.25, 0.3) is 0 Å². The number of benzene rings is 1. The average Bonchev–Trinajstić information content (AvgIpc) is 2.78. The maximum atomic E-state index is 11.3. The number of halogens is 1. The van der Waals surface area contributed by atoms with Crippen molar-refractivity contribution in [2.75, 3.05) is 18.4 Å². The molecule has 0 aliphatic carbocycles. The van der Waals surface area contributed by atoms with Gasteiger partial charge in [-0.1, -0.05) is 104 Å². The Morgan fingerprint density at radius 2 is 1.31 bits per heavy atom. The summed E-state index contributed by atoms with van der Waals surface area (Å²) in [5.74, 6) is 0. The number of nitro benzene ring substituents is 1. The van der Waals surface area contributed by atoms with E-state index in [1.165, 1.54) is 77.0 Å². The second kappa shape index (κ2) is 19.6. The van der Waals surface area contributed by atoms with E-state index in [1.54, 1.807) is 12.1 Å². The Balaban J connectivity index is 0.00000961. The molecule has 0 radical (unpaired) electrons. The van der Waals surface area contributed by atoms with Crippen molar-refractivity contribution in [2.45, 2.75) is 116 Å². The molecule has 1 aromatic rings. The summed E-state index contributed by atoms with van der Waals surface area (Å²) in [5.41, 5.74) is 0.599. The van der Waals surface area contributed by atoms with Gasteiger partial charge < -0.3 is 10.6 Å². The molecule has 0 unspecified atom stereocenters. The molecule has 0 fully saturated rings. The van der Waals surface area contributed by atoms with Crippen molar-refractivity contribution in [3.05, 3.63) is 34.4 Å². The predicted octanol–water partition coefficient (Wildman–Crippen LogP) is 8.47. The predicted molar refractivity (Wildman–Crippen MR) is 149 cm³/mol. The summed E-state index contributed by atoms with van der Waals surface area (Å²) in [6.45, 7) is 8.41. The molecule has 32 heavy (non-hydrogen) atoms. The number of rotatable bonds is 20. The van der Waals surface area contributed by atoms with Crippen molar-refractivity contribution in [3.63, 3.8) is 0 Å². The maximum Gasteiger partial charge on any atom is 0.292 e. The van der Waals surface area contributed by atoms with Crippen LogP contribution in [-0.2, 0) is 0 Å². The highest BCUT2D eigenvalue weighted by molar-refractivity contribution is 14.0. The molecule has 1 rings (SSSR count). The third-order valence-corrected chi connectivity index (χ3v) is 6.52. The first-order valence-corrected chi connectivity index (χ1v) is 12.8. The maximum absolute atomic E-state index is 11.3. The van der Waals surface area contributed by atoms with Crippen LogP contribution < -0.4 is 10.6 Å². The van der Waals surface area contributed by atoms with E-state index in [9.17, 15) is 10.1 Å². The Kier molecular flexibility index (Phi) is 19.0. The van der Waals surface area contributed by atoms with E-state index in [4.69, 9.17) is 0 Å². The van der Waals surface area contributed by atoms with Crippen molar-refractivity contribution >= 4 is 35.4 Å². The molecule has 0 amide bonds. The minimum atomic E-state index is -0.307. The van der Waals surface area contributed by atoms with E-state index >= 15 is 0 Å². The first kappa shape index (κ1) is 31.1. The lowest BCUT2D eigenvalue weighted by atomic mass is 9.92. The highest BCUT2D eigenvalue weighted by atomic mass is 127. The monoisotopic (exact) mass is 561 g/mol. The number of para-hydroxylation sites is 2. The number of anilines is 1. The molecular weight excluding hydrogens is 513 g/mol. The summed E-state index contributed by atoms with van der Waals surface area (Å²) in [5, 5.41) is 18.4. The molecule has 0 saturated carbocycles. The van der Waals surface area contributed by atoms with Gasteiger partial charge in [0.25, 0.3) is 5.69 Å². The Morgan fingerprint density at radius 1 is 0.812 bits per heavy atom. The molecule has 0 spiro atoms. The van der Waals surface area contributed by atoms with E-state index in [-0.39, 0.29) is 40.1 Å². The van der Waals surface area contributed by atoms with Gasteiger partial charge in [0.15, 0.2) is 0 Å². The summed E-state index contributed by atoms with van der Waals surface area (Å²) in [4.78, 5) is 11.0. The normalized spacial score (nSPS) is 11.2. The first-order chi connectivity index (χ1) is 15.1. The second-order valence-electron chi connectivity index (χ2n) is 8.95. The molecule has 0 aliphatic rings. The summed E-state index contributed by atoms with van der Waals surface area (Å²) in [7, 11) is 0. The van der Waals surface area contributed by atoms with Crippen LogP contribution in [0.2, 0.25) is 0 Å². The van der Waals surface area contributed by atoms with Crippen molar-refractivity contribution in [1.29, 1.82) is 0 Å². The lowest BCUT2D eigenvalue weighted by Gasteiger charge is -2.34. The molecular formula is C26H48IN3O2. The second-order valence-corrected chi connectivity index (χ2v) is 8.95. The molecule has 0 aliphatic heterocycles. The molecule has 5 nitrogen and oxygen atoms in total. The number of nitro groups is 1. The Labute approximate surface area is 214 Å². The van der Waals surface area contributed by atoms with Gasteiger partial charge in [-0.15, -0.1) is 24.0 Å². The summed E-state index contributed by atoms with van der Waals surface area (Å²) < 4.78 is 0. The van der Waals surface area contributed by atoms with E-state index in [2.05, 4.69) is 31.4 Å². The molecule has 2 N–H and O–H groups in total. The summed E-state index contributed by atoms with van der Waals surface area (Å²) in [6.07, 6.45) is 18.2. The topological polar surface area (TPSA) is 67.2 Å². The van der Waals surface area contributed by atoms with Gasteiger partial charge >= 0.3 is 0 Å². The van der Waals surface area contributed by atoms with Crippen molar-refractivity contribution in [1.82, 2.24) is 5.32 Å². The minimum absolute atomic E-state index is 0. The zero-order valence-electron chi connectivity index (χ0n) is 20.8. The van der Waals surface area contributed by atoms with Crippen LogP contribution >= 0.6 is 24.0 Å². The highest BCUT2D eigenvalue weighted by Gasteiger charge is 2.28. The molecule has 0 aromatic heterocycles. The van der Waals surface area contributed by atoms with Crippen LogP contribution in [0.5, 0.6) is 0 Å². The number of hydrogen-bond donors (Lipinski definition) is 2. The van der Waals surface area contributed by atoms with E-state index in [0.717, 1.165) is 25.9 Å². The van der Waals surface area contributed by atoms with Gasteiger partial charge in [-0.3, -0.25) is 10.1 Å². The van der Waals surface area contributed by atoms with Crippen molar-refractivity contribution < 1.29 is 4.92 Å². The van der Waals surface area contributed by atoms with E-state index in [1.807, 2.05) is 12.1 Å². The molecule has 0 saturated heterocycles. The first-order valence-electron chi connectivity index (χ1n) is 12.8. The summed E-state index contributed by atoms with van der Waals surface area (Å²) >= 11 is 0.